The van der Waals surface area contributed by atoms with Crippen LogP contribution < -0.4 is 15.4 Å². The molecule has 0 amide bonds. The standard InChI is InChI=1S/C10H16N4O/c1-11-10(12-2)14-7-8-4-5-13-9(6-8)15-3/h4-6H,7H2,1-3H3,(H2,11,12,14). The van der Waals surface area contributed by atoms with Gasteiger partial charge in [-0.2, -0.15) is 0 Å². The lowest BCUT2D eigenvalue weighted by Gasteiger charge is -2.08. The highest BCUT2D eigenvalue weighted by Crippen LogP contribution is 2.07. The van der Waals surface area contributed by atoms with Crippen molar-refractivity contribution >= 4 is 5.96 Å². The molecule has 1 rings (SSSR count). The van der Waals surface area contributed by atoms with Gasteiger partial charge in [-0.15, -0.1) is 0 Å². The molecule has 0 bridgehead atoms. The van der Waals surface area contributed by atoms with E-state index in [-0.39, 0.29) is 0 Å². The van der Waals surface area contributed by atoms with E-state index in [0.717, 1.165) is 11.5 Å². The Balaban J connectivity index is 2.57. The van der Waals surface area contributed by atoms with Crippen LogP contribution in [0.15, 0.2) is 23.3 Å². The first-order valence-corrected chi connectivity index (χ1v) is 4.67. The van der Waals surface area contributed by atoms with Crippen molar-refractivity contribution in [3.63, 3.8) is 0 Å². The van der Waals surface area contributed by atoms with Crippen LogP contribution in [0.4, 0.5) is 0 Å². The predicted molar refractivity (Wildman–Crippen MR) is 60.0 cm³/mol. The van der Waals surface area contributed by atoms with E-state index < -0.39 is 0 Å². The Morgan fingerprint density at radius 2 is 2.40 bits per heavy atom. The molecule has 0 aliphatic carbocycles. The zero-order valence-corrected chi connectivity index (χ0v) is 9.24. The van der Waals surface area contributed by atoms with Gasteiger partial charge < -0.3 is 15.4 Å². The van der Waals surface area contributed by atoms with Crippen molar-refractivity contribution in [2.24, 2.45) is 4.99 Å². The molecule has 0 unspecified atom stereocenters. The first kappa shape index (κ1) is 11.3. The highest BCUT2D eigenvalue weighted by molar-refractivity contribution is 5.79. The molecule has 5 heteroatoms. The molecule has 0 atom stereocenters. The van der Waals surface area contributed by atoms with Gasteiger partial charge in [0.2, 0.25) is 5.88 Å². The van der Waals surface area contributed by atoms with E-state index in [1.807, 2.05) is 19.2 Å². The molecule has 0 saturated heterocycles. The summed E-state index contributed by atoms with van der Waals surface area (Å²) in [5.74, 6) is 1.37. The number of pyridine rings is 1. The van der Waals surface area contributed by atoms with E-state index in [4.69, 9.17) is 4.74 Å². The molecule has 5 nitrogen and oxygen atoms in total. The Hall–Kier alpha value is -1.78. The number of nitrogens with zero attached hydrogens (tertiary/aromatic N) is 2. The summed E-state index contributed by atoms with van der Waals surface area (Å²) in [5, 5.41) is 6.08. The minimum absolute atomic E-state index is 0.619. The Morgan fingerprint density at radius 1 is 1.60 bits per heavy atom. The molecule has 0 saturated carbocycles. The minimum Gasteiger partial charge on any atom is -0.481 e. The van der Waals surface area contributed by atoms with Crippen molar-refractivity contribution in [3.8, 4) is 5.88 Å². The van der Waals surface area contributed by atoms with Gasteiger partial charge in [-0.25, -0.2) is 4.98 Å². The summed E-state index contributed by atoms with van der Waals surface area (Å²) in [5.41, 5.74) is 1.10. The molecule has 1 aromatic rings. The SMILES string of the molecule is CN=C(NC)NCc1ccnc(OC)c1. The number of ether oxygens (including phenoxy) is 1. The van der Waals surface area contributed by atoms with Gasteiger partial charge >= 0.3 is 0 Å². The fraction of sp³-hybridized carbons (Fsp3) is 0.400. The monoisotopic (exact) mass is 208 g/mol. The quantitative estimate of drug-likeness (QED) is 0.557. The second-order valence-corrected chi connectivity index (χ2v) is 2.88. The lowest BCUT2D eigenvalue weighted by molar-refractivity contribution is 0.397. The van der Waals surface area contributed by atoms with Gasteiger partial charge in [-0.3, -0.25) is 4.99 Å². The Labute approximate surface area is 89.6 Å². The molecule has 0 aliphatic rings. The van der Waals surface area contributed by atoms with Crippen molar-refractivity contribution in [3.05, 3.63) is 23.9 Å². The van der Waals surface area contributed by atoms with Crippen LogP contribution in [-0.4, -0.2) is 32.1 Å². The predicted octanol–water partition coefficient (Wildman–Crippen LogP) is 0.385. The number of guanidine groups is 1. The van der Waals surface area contributed by atoms with Crippen LogP contribution in [0.25, 0.3) is 0 Å². The third kappa shape index (κ3) is 3.46. The molecular formula is C10H16N4O. The summed E-state index contributed by atoms with van der Waals surface area (Å²) in [6.45, 7) is 0.687. The van der Waals surface area contributed by atoms with Crippen molar-refractivity contribution in [2.75, 3.05) is 21.2 Å². The number of aliphatic imine (C=N–C) groups is 1. The maximum absolute atomic E-state index is 5.03. The number of methoxy groups -OCH3 is 1. The van der Waals surface area contributed by atoms with Crippen molar-refractivity contribution in [1.29, 1.82) is 0 Å². The fourth-order valence-corrected chi connectivity index (χ4v) is 1.14. The molecule has 2 N–H and O–H groups in total. The second-order valence-electron chi connectivity index (χ2n) is 2.88. The van der Waals surface area contributed by atoms with Crippen LogP contribution in [0, 0.1) is 0 Å². The largest absolute Gasteiger partial charge is 0.481 e. The van der Waals surface area contributed by atoms with Gasteiger partial charge in [0.25, 0.3) is 0 Å². The van der Waals surface area contributed by atoms with E-state index >= 15 is 0 Å². The highest BCUT2D eigenvalue weighted by Gasteiger charge is 1.98. The Kier molecular flexibility index (Phi) is 4.40. The number of hydrogen-bond donors (Lipinski definition) is 2. The van der Waals surface area contributed by atoms with Crippen LogP contribution in [0.5, 0.6) is 5.88 Å². The third-order valence-corrected chi connectivity index (χ3v) is 1.93. The normalized spacial score (nSPS) is 11.0. The molecule has 0 fully saturated rings. The zero-order chi connectivity index (χ0) is 11.1. The Bertz CT molecular complexity index is 338. The molecule has 0 aromatic carbocycles. The molecule has 1 heterocycles. The van der Waals surface area contributed by atoms with Gasteiger partial charge in [0.15, 0.2) is 5.96 Å². The number of hydrogen-bond acceptors (Lipinski definition) is 3. The van der Waals surface area contributed by atoms with E-state index in [2.05, 4.69) is 20.6 Å². The van der Waals surface area contributed by atoms with Crippen molar-refractivity contribution < 1.29 is 4.74 Å². The first-order chi connectivity index (χ1) is 7.30. The smallest absolute Gasteiger partial charge is 0.213 e. The van der Waals surface area contributed by atoms with Crippen molar-refractivity contribution in [1.82, 2.24) is 15.6 Å². The number of aromatic nitrogens is 1. The lowest BCUT2D eigenvalue weighted by Crippen LogP contribution is -2.34. The summed E-state index contributed by atoms with van der Waals surface area (Å²) >= 11 is 0. The van der Waals surface area contributed by atoms with Crippen LogP contribution >= 0.6 is 0 Å². The van der Waals surface area contributed by atoms with Gasteiger partial charge in [0, 0.05) is 32.9 Å². The maximum Gasteiger partial charge on any atom is 0.213 e. The van der Waals surface area contributed by atoms with Crippen LogP contribution in [-0.2, 0) is 6.54 Å². The summed E-state index contributed by atoms with van der Waals surface area (Å²) in [6, 6.07) is 3.81. The average Bonchev–Trinajstić information content (AvgIpc) is 2.31. The zero-order valence-electron chi connectivity index (χ0n) is 9.24. The number of nitrogens with one attached hydrogen (secondary N) is 2. The second kappa shape index (κ2) is 5.85. The topological polar surface area (TPSA) is 58.5 Å². The molecule has 0 spiro atoms. The van der Waals surface area contributed by atoms with Gasteiger partial charge in [0.05, 0.1) is 7.11 Å². The Morgan fingerprint density at radius 3 is 3.00 bits per heavy atom. The molecule has 82 valence electrons. The van der Waals surface area contributed by atoms with E-state index in [1.54, 1.807) is 20.4 Å². The van der Waals surface area contributed by atoms with E-state index in [1.165, 1.54) is 0 Å². The van der Waals surface area contributed by atoms with E-state index in [9.17, 15) is 0 Å². The van der Waals surface area contributed by atoms with Crippen LogP contribution in [0.1, 0.15) is 5.56 Å². The highest BCUT2D eigenvalue weighted by atomic mass is 16.5. The summed E-state index contributed by atoms with van der Waals surface area (Å²) in [7, 11) is 5.15. The van der Waals surface area contributed by atoms with Crippen molar-refractivity contribution in [2.45, 2.75) is 6.54 Å². The first-order valence-electron chi connectivity index (χ1n) is 4.67. The van der Waals surface area contributed by atoms with Gasteiger partial charge in [0.1, 0.15) is 0 Å². The molecule has 1 aromatic heterocycles. The maximum atomic E-state index is 5.03. The molecule has 15 heavy (non-hydrogen) atoms. The minimum atomic E-state index is 0.619. The average molecular weight is 208 g/mol. The molecular weight excluding hydrogens is 192 g/mol. The third-order valence-electron chi connectivity index (χ3n) is 1.93. The van der Waals surface area contributed by atoms with Gasteiger partial charge in [-0.05, 0) is 11.6 Å². The van der Waals surface area contributed by atoms with Gasteiger partial charge in [-0.1, -0.05) is 0 Å². The van der Waals surface area contributed by atoms with Crippen LogP contribution in [0.2, 0.25) is 0 Å². The van der Waals surface area contributed by atoms with Crippen LogP contribution in [0.3, 0.4) is 0 Å². The summed E-state index contributed by atoms with van der Waals surface area (Å²) in [4.78, 5) is 8.04. The fourth-order valence-electron chi connectivity index (χ4n) is 1.14. The van der Waals surface area contributed by atoms with E-state index in [0.29, 0.717) is 12.4 Å². The number of rotatable bonds is 3. The molecule has 0 aliphatic heterocycles. The summed E-state index contributed by atoms with van der Waals surface area (Å²) < 4.78 is 5.03. The summed E-state index contributed by atoms with van der Waals surface area (Å²) in [6.07, 6.45) is 1.72. The molecule has 0 radical (unpaired) electrons. The lowest BCUT2D eigenvalue weighted by atomic mass is 10.2.